The molecule has 6 nitrogen and oxygen atoms in total. The van der Waals surface area contributed by atoms with E-state index >= 15 is 0 Å². The number of rotatable bonds is 2. The van der Waals surface area contributed by atoms with Crippen molar-refractivity contribution >= 4 is 132 Å². The Labute approximate surface area is 234 Å². The summed E-state index contributed by atoms with van der Waals surface area (Å²) in [5.74, 6) is -4.19. The normalized spacial score (nSPS) is 17.6. The van der Waals surface area contributed by atoms with Crippen molar-refractivity contribution in [2.24, 2.45) is 4.99 Å². The molecule has 1 atom stereocenters. The Morgan fingerprint density at radius 3 is 2.36 bits per heavy atom. The molecule has 9 heteroatoms. The van der Waals surface area contributed by atoms with E-state index in [4.69, 9.17) is 11.6 Å². The Balaban J connectivity index is 0.00000156. The smallest absolute Gasteiger partial charge is 0.336 e. The molecule has 0 spiro atoms. The van der Waals surface area contributed by atoms with Gasteiger partial charge < -0.3 is 20.6 Å². The molecular weight excluding hydrogens is 398 g/mol. The summed E-state index contributed by atoms with van der Waals surface area (Å²) >= 11 is 6.03. The Morgan fingerprint density at radius 2 is 1.76 bits per heavy atom. The Morgan fingerprint density at radius 1 is 1.12 bits per heavy atom. The number of aliphatic hydroxyl groups is 2. The van der Waals surface area contributed by atoms with Crippen LogP contribution in [0.5, 0.6) is 0 Å². The van der Waals surface area contributed by atoms with Crippen LogP contribution in [0.25, 0.3) is 0 Å². The third-order valence-corrected chi connectivity index (χ3v) is 3.71. The fraction of sp³-hybridized carbons (Fsp3) is 0.125. The van der Waals surface area contributed by atoms with Crippen molar-refractivity contribution in [1.29, 1.82) is 0 Å². The number of fused-ring (bicyclic) bond motifs is 1. The van der Waals surface area contributed by atoms with Crippen molar-refractivity contribution in [2.75, 3.05) is 5.32 Å². The van der Waals surface area contributed by atoms with Gasteiger partial charge in [0.1, 0.15) is 0 Å². The molecule has 0 saturated carbocycles. The van der Waals surface area contributed by atoms with Crippen LogP contribution in [0.3, 0.4) is 0 Å². The molecule has 0 amide bonds. The predicted molar refractivity (Wildman–Crippen MR) is 97.3 cm³/mol. The van der Waals surface area contributed by atoms with E-state index in [0.29, 0.717) is 27.5 Å². The largest absolute Gasteiger partial charge is 0.479 e. The number of nitrogens with zero attached hydrogens (tertiary/aromatic N) is 1. The molecule has 2 aromatic carbocycles. The monoisotopic (exact) mass is 410 g/mol. The fourth-order valence-electron chi connectivity index (χ4n) is 2.43. The number of carboxylic acids is 1. The minimum Gasteiger partial charge on any atom is -0.479 e. The molecule has 1 heterocycles. The number of benzene rings is 2. The Hall–Kier alpha value is 0.863. The Bertz CT molecular complexity index is 800. The van der Waals surface area contributed by atoms with Crippen LogP contribution in [-0.4, -0.2) is 142 Å². The van der Waals surface area contributed by atoms with Gasteiger partial charge in [0.25, 0.3) is 5.91 Å². The number of carboxylic acid groups (broad SMARTS) is 1. The first-order valence-corrected chi connectivity index (χ1v) is 7.15. The average Bonchev–Trinajstić information content (AvgIpc) is 2.61. The summed E-state index contributed by atoms with van der Waals surface area (Å²) in [4.78, 5) is 15.5. The van der Waals surface area contributed by atoms with Crippen LogP contribution in [0.4, 0.5) is 5.69 Å². The van der Waals surface area contributed by atoms with Crippen molar-refractivity contribution in [3.05, 3.63) is 64.7 Å². The quantitative estimate of drug-likeness (QED) is 0.436. The third kappa shape index (κ3) is 5.44. The van der Waals surface area contributed by atoms with E-state index in [1.807, 2.05) is 6.07 Å². The van der Waals surface area contributed by atoms with Gasteiger partial charge in [0.05, 0.1) is 5.71 Å². The molecule has 25 heavy (non-hydrogen) atoms. The van der Waals surface area contributed by atoms with E-state index in [1.165, 1.54) is 0 Å². The van der Waals surface area contributed by atoms with E-state index in [2.05, 4.69) is 10.3 Å². The van der Waals surface area contributed by atoms with Gasteiger partial charge >= 0.3 is 5.97 Å². The van der Waals surface area contributed by atoms with E-state index in [9.17, 15) is 20.1 Å². The van der Waals surface area contributed by atoms with Crippen LogP contribution in [-0.2, 0) is 4.79 Å². The van der Waals surface area contributed by atoms with Gasteiger partial charge in [0.15, 0.2) is 0 Å². The van der Waals surface area contributed by atoms with Gasteiger partial charge in [0.2, 0.25) is 6.04 Å². The molecule has 2 radical (unpaired) electrons. The number of aliphatic carboxylic acids is 1. The summed E-state index contributed by atoms with van der Waals surface area (Å²) in [6.07, 6.45) is 0. The van der Waals surface area contributed by atoms with Gasteiger partial charge in [-0.25, -0.2) is 4.79 Å². The second-order valence-corrected chi connectivity index (χ2v) is 5.56. The summed E-state index contributed by atoms with van der Waals surface area (Å²) in [5.41, 5.74) is 1.76. The van der Waals surface area contributed by atoms with E-state index in [-0.39, 0.29) is 103 Å². The molecule has 0 bridgehead atoms. The van der Waals surface area contributed by atoms with Gasteiger partial charge in [-0.05, 0) is 18.2 Å². The van der Waals surface area contributed by atoms with Crippen LogP contribution < -0.4 is 5.32 Å². The molecular formula is C16H13ClK2N2O4. The number of carbonyl (C=O) groups is 1. The van der Waals surface area contributed by atoms with Crippen molar-refractivity contribution in [2.45, 2.75) is 12.0 Å². The van der Waals surface area contributed by atoms with Gasteiger partial charge in [-0.2, -0.15) is 0 Å². The molecule has 2 aromatic rings. The van der Waals surface area contributed by atoms with Crippen LogP contribution in [0, 0.1) is 0 Å². The van der Waals surface area contributed by atoms with Crippen LogP contribution in [0.2, 0.25) is 5.02 Å². The molecule has 0 saturated heterocycles. The first kappa shape index (κ1) is 23.9. The topological polar surface area (TPSA) is 102 Å². The van der Waals surface area contributed by atoms with Crippen molar-refractivity contribution in [3.8, 4) is 0 Å². The van der Waals surface area contributed by atoms with E-state index < -0.39 is 17.9 Å². The van der Waals surface area contributed by atoms with E-state index in [0.717, 1.165) is 0 Å². The maximum Gasteiger partial charge on any atom is 0.336 e. The first-order valence-electron chi connectivity index (χ1n) is 6.77. The van der Waals surface area contributed by atoms with Crippen molar-refractivity contribution < 1.29 is 20.1 Å². The molecule has 120 valence electrons. The second kappa shape index (κ2) is 9.88. The zero-order valence-electron chi connectivity index (χ0n) is 13.8. The summed E-state index contributed by atoms with van der Waals surface area (Å²) in [5, 5.41) is 32.3. The predicted octanol–water partition coefficient (Wildman–Crippen LogP) is 0.933. The van der Waals surface area contributed by atoms with E-state index in [1.54, 1.807) is 42.5 Å². The van der Waals surface area contributed by atoms with Crippen molar-refractivity contribution in [1.82, 2.24) is 0 Å². The first-order chi connectivity index (χ1) is 10.9. The molecule has 1 unspecified atom stereocenters. The van der Waals surface area contributed by atoms with Crippen LogP contribution in [0.15, 0.2) is 53.5 Å². The molecule has 0 aliphatic carbocycles. The number of hydrogen-bond acceptors (Lipinski definition) is 5. The van der Waals surface area contributed by atoms with Gasteiger partial charge in [-0.3, -0.25) is 4.99 Å². The standard InChI is InChI=1S/C16H13ClN2O4.2K/c17-10-6-7-12-11(8-10)13(9-4-2-1-3-5-9)18-14(15(20)21)16(22,23)19-12;;/h1-8,14,19,22-23H,(H,20,21);;. The molecule has 0 fully saturated rings. The SMILES string of the molecule is O=C(O)C1N=C(c2ccccc2)c2cc(Cl)ccc2NC1(O)O.[K].[K]. The number of halogens is 1. The molecule has 0 aromatic heterocycles. The minimum atomic E-state index is -2.73. The number of nitrogens with one attached hydrogen (secondary N) is 1. The molecule has 1 aliphatic heterocycles. The van der Waals surface area contributed by atoms with Crippen molar-refractivity contribution in [3.63, 3.8) is 0 Å². The van der Waals surface area contributed by atoms with Gasteiger partial charge in [-0.15, -0.1) is 0 Å². The molecule has 3 rings (SSSR count). The maximum absolute atomic E-state index is 11.4. The molecule has 1 aliphatic rings. The van der Waals surface area contributed by atoms with Gasteiger partial charge in [0, 0.05) is 125 Å². The third-order valence-electron chi connectivity index (χ3n) is 3.48. The van der Waals surface area contributed by atoms with Crippen LogP contribution >= 0.6 is 11.6 Å². The van der Waals surface area contributed by atoms with Gasteiger partial charge in [-0.1, -0.05) is 41.9 Å². The summed E-state index contributed by atoms with van der Waals surface area (Å²) in [6, 6.07) is 11.8. The number of hydrogen-bond donors (Lipinski definition) is 4. The second-order valence-electron chi connectivity index (χ2n) is 5.13. The maximum atomic E-state index is 11.4. The number of anilines is 1. The summed E-state index contributed by atoms with van der Waals surface area (Å²) < 4.78 is 0. The fourth-order valence-corrected chi connectivity index (χ4v) is 2.60. The van der Waals surface area contributed by atoms with Crippen LogP contribution in [0.1, 0.15) is 11.1 Å². The zero-order valence-corrected chi connectivity index (χ0v) is 20.8. The molecule has 4 N–H and O–H groups in total. The minimum absolute atomic E-state index is 0. The Kier molecular flexibility index (Phi) is 9.44. The summed E-state index contributed by atoms with van der Waals surface area (Å²) in [7, 11) is 0. The summed E-state index contributed by atoms with van der Waals surface area (Å²) in [6.45, 7) is 0. The number of benzodiazepines with no additional fused rings is 1. The zero-order chi connectivity index (χ0) is 16.6. The number of aliphatic imine (C=N–C) groups is 1. The average molecular weight is 411 g/mol.